The van der Waals surface area contributed by atoms with E-state index in [1.807, 2.05) is 0 Å². The normalized spacial score (nSPS) is 22.2. The van der Waals surface area contributed by atoms with Gasteiger partial charge in [0.1, 0.15) is 5.82 Å². The second kappa shape index (κ2) is 6.44. The second-order valence-corrected chi connectivity index (χ2v) is 6.91. The highest BCUT2D eigenvalue weighted by Crippen LogP contribution is 2.25. The minimum absolute atomic E-state index is 0.808. The summed E-state index contributed by atoms with van der Waals surface area (Å²) in [7, 11) is 0. The summed E-state index contributed by atoms with van der Waals surface area (Å²) in [5.41, 5.74) is 1.08. The van der Waals surface area contributed by atoms with Gasteiger partial charge in [-0.15, -0.1) is 0 Å². The van der Waals surface area contributed by atoms with Crippen LogP contribution in [-0.4, -0.2) is 42.1 Å². The van der Waals surface area contributed by atoms with Crippen LogP contribution in [0.3, 0.4) is 0 Å². The molecule has 1 aromatic rings. The third-order valence-corrected chi connectivity index (χ3v) is 5.54. The zero-order valence-electron chi connectivity index (χ0n) is 12.3. The molecule has 0 aliphatic carbocycles. The Balaban J connectivity index is 1.58. The number of aryl methyl sites for hydroxylation is 1. The third kappa shape index (κ3) is 3.17. The summed E-state index contributed by atoms with van der Waals surface area (Å²) in [4.78, 5) is 9.87. The van der Waals surface area contributed by atoms with Crippen molar-refractivity contribution >= 4 is 21.7 Å². The van der Waals surface area contributed by atoms with Crippen molar-refractivity contribution in [1.29, 1.82) is 0 Å². The van der Waals surface area contributed by atoms with E-state index < -0.39 is 0 Å². The Morgan fingerprint density at radius 3 is 2.40 bits per heavy atom. The number of anilines is 1. The van der Waals surface area contributed by atoms with Crippen LogP contribution in [0.2, 0.25) is 0 Å². The number of piperidine rings is 2. The molecule has 2 fully saturated rings. The van der Waals surface area contributed by atoms with Gasteiger partial charge in [0.2, 0.25) is 0 Å². The lowest BCUT2D eigenvalue weighted by molar-refractivity contribution is 0.141. The fourth-order valence-corrected chi connectivity index (χ4v) is 3.67. The van der Waals surface area contributed by atoms with Gasteiger partial charge < -0.3 is 9.80 Å². The molecule has 0 unspecified atom stereocenters. The van der Waals surface area contributed by atoms with E-state index in [0.29, 0.717) is 0 Å². The highest BCUT2D eigenvalue weighted by atomic mass is 79.9. The maximum absolute atomic E-state index is 4.70. The molecular weight excluding hydrogens is 314 g/mol. The van der Waals surface area contributed by atoms with Crippen LogP contribution in [0, 0.1) is 6.92 Å². The van der Waals surface area contributed by atoms with E-state index in [1.54, 1.807) is 0 Å². The Morgan fingerprint density at radius 2 is 1.75 bits per heavy atom. The number of hydrogen-bond donors (Lipinski definition) is 0. The third-order valence-electron chi connectivity index (χ3n) is 4.70. The van der Waals surface area contributed by atoms with Crippen molar-refractivity contribution in [2.45, 2.75) is 45.1 Å². The summed E-state index contributed by atoms with van der Waals surface area (Å²) in [5, 5.41) is 0. The molecule has 3 nitrogen and oxygen atoms in total. The molecule has 2 aliphatic heterocycles. The molecule has 0 spiro atoms. The molecule has 0 saturated carbocycles. The molecule has 0 atom stereocenters. The van der Waals surface area contributed by atoms with Crippen molar-refractivity contribution in [1.82, 2.24) is 9.88 Å². The summed E-state index contributed by atoms with van der Waals surface area (Å²) < 4.78 is 1.10. The van der Waals surface area contributed by atoms with Gasteiger partial charge in [-0.2, -0.15) is 0 Å². The molecule has 3 rings (SSSR count). The summed E-state index contributed by atoms with van der Waals surface area (Å²) in [5.74, 6) is 1.14. The SMILES string of the molecule is Cc1nc(N2CCC(N3CCCCC3)CC2)ccc1Br. The van der Waals surface area contributed by atoms with E-state index in [2.05, 4.69) is 44.8 Å². The predicted octanol–water partition coefficient (Wildman–Crippen LogP) is 3.61. The average molecular weight is 338 g/mol. The number of rotatable bonds is 2. The molecule has 0 radical (unpaired) electrons. The molecule has 4 heteroatoms. The first-order chi connectivity index (χ1) is 9.74. The standard InChI is InChI=1S/C16H24BrN3/c1-13-15(17)5-6-16(18-13)20-11-7-14(8-12-20)19-9-3-2-4-10-19/h5-6,14H,2-4,7-12H2,1H3. The Hall–Kier alpha value is -0.610. The van der Waals surface area contributed by atoms with Gasteiger partial charge in [-0.25, -0.2) is 4.98 Å². The van der Waals surface area contributed by atoms with Crippen LogP contribution in [0.15, 0.2) is 16.6 Å². The Kier molecular flexibility index (Phi) is 4.61. The van der Waals surface area contributed by atoms with Crippen LogP contribution in [0.5, 0.6) is 0 Å². The quantitative estimate of drug-likeness (QED) is 0.821. The fourth-order valence-electron chi connectivity index (χ4n) is 3.45. The largest absolute Gasteiger partial charge is 0.356 e. The van der Waals surface area contributed by atoms with Gasteiger partial charge in [-0.1, -0.05) is 6.42 Å². The Bertz CT molecular complexity index is 449. The molecule has 3 heterocycles. The molecule has 0 aromatic carbocycles. The molecule has 110 valence electrons. The van der Waals surface area contributed by atoms with E-state index in [4.69, 9.17) is 4.98 Å². The fraction of sp³-hybridized carbons (Fsp3) is 0.688. The lowest BCUT2D eigenvalue weighted by atomic mass is 10.00. The molecule has 0 bridgehead atoms. The number of likely N-dealkylation sites (tertiary alicyclic amines) is 1. The predicted molar refractivity (Wildman–Crippen MR) is 87.3 cm³/mol. The van der Waals surface area contributed by atoms with Crippen LogP contribution in [-0.2, 0) is 0 Å². The van der Waals surface area contributed by atoms with E-state index in [9.17, 15) is 0 Å². The smallest absolute Gasteiger partial charge is 0.128 e. The van der Waals surface area contributed by atoms with Crippen molar-refractivity contribution in [3.05, 3.63) is 22.3 Å². The first kappa shape index (κ1) is 14.3. The minimum atomic E-state index is 0.808. The summed E-state index contributed by atoms with van der Waals surface area (Å²) in [6.07, 6.45) is 6.80. The number of aromatic nitrogens is 1. The lowest BCUT2D eigenvalue weighted by Gasteiger charge is -2.40. The number of pyridine rings is 1. The molecule has 0 N–H and O–H groups in total. The van der Waals surface area contributed by atoms with Gasteiger partial charge >= 0.3 is 0 Å². The van der Waals surface area contributed by atoms with E-state index >= 15 is 0 Å². The maximum Gasteiger partial charge on any atom is 0.128 e. The summed E-state index contributed by atoms with van der Waals surface area (Å²) in [6, 6.07) is 5.07. The van der Waals surface area contributed by atoms with Gasteiger partial charge in [0.15, 0.2) is 0 Å². The highest BCUT2D eigenvalue weighted by Gasteiger charge is 2.26. The van der Waals surface area contributed by atoms with Crippen LogP contribution in [0.4, 0.5) is 5.82 Å². The second-order valence-electron chi connectivity index (χ2n) is 6.05. The van der Waals surface area contributed by atoms with Crippen molar-refractivity contribution < 1.29 is 0 Å². The molecule has 2 aliphatic rings. The zero-order valence-corrected chi connectivity index (χ0v) is 13.9. The van der Waals surface area contributed by atoms with Gasteiger partial charge in [0, 0.05) is 23.6 Å². The van der Waals surface area contributed by atoms with Crippen LogP contribution < -0.4 is 4.90 Å². The topological polar surface area (TPSA) is 19.4 Å². The van der Waals surface area contributed by atoms with Gasteiger partial charge in [0.05, 0.1) is 5.69 Å². The monoisotopic (exact) mass is 337 g/mol. The first-order valence-electron chi connectivity index (χ1n) is 7.86. The van der Waals surface area contributed by atoms with E-state index in [1.165, 1.54) is 45.2 Å². The van der Waals surface area contributed by atoms with E-state index in [0.717, 1.165) is 35.1 Å². The lowest BCUT2D eigenvalue weighted by Crippen LogP contribution is -2.46. The van der Waals surface area contributed by atoms with Gasteiger partial charge in [-0.05, 0) is 73.8 Å². The highest BCUT2D eigenvalue weighted by molar-refractivity contribution is 9.10. The number of halogens is 1. The van der Waals surface area contributed by atoms with Crippen molar-refractivity contribution in [3.63, 3.8) is 0 Å². The molecule has 2 saturated heterocycles. The Labute approximate surface area is 130 Å². The van der Waals surface area contributed by atoms with Gasteiger partial charge in [0.25, 0.3) is 0 Å². The summed E-state index contributed by atoms with van der Waals surface area (Å²) >= 11 is 3.53. The minimum Gasteiger partial charge on any atom is -0.356 e. The molecule has 1 aromatic heterocycles. The zero-order chi connectivity index (χ0) is 13.9. The maximum atomic E-state index is 4.70. The summed E-state index contributed by atoms with van der Waals surface area (Å²) in [6.45, 7) is 7.00. The van der Waals surface area contributed by atoms with Crippen molar-refractivity contribution in [2.24, 2.45) is 0 Å². The molecule has 20 heavy (non-hydrogen) atoms. The van der Waals surface area contributed by atoms with Crippen LogP contribution in [0.25, 0.3) is 0 Å². The van der Waals surface area contributed by atoms with E-state index in [-0.39, 0.29) is 0 Å². The number of hydrogen-bond acceptors (Lipinski definition) is 3. The Morgan fingerprint density at radius 1 is 1.05 bits per heavy atom. The first-order valence-corrected chi connectivity index (χ1v) is 8.65. The van der Waals surface area contributed by atoms with Crippen molar-refractivity contribution in [3.8, 4) is 0 Å². The van der Waals surface area contributed by atoms with Gasteiger partial charge in [-0.3, -0.25) is 0 Å². The number of nitrogens with zero attached hydrogens (tertiary/aromatic N) is 3. The van der Waals surface area contributed by atoms with Crippen molar-refractivity contribution in [2.75, 3.05) is 31.1 Å². The van der Waals surface area contributed by atoms with Crippen LogP contribution in [0.1, 0.15) is 37.8 Å². The average Bonchev–Trinajstić information content (AvgIpc) is 2.51. The molecular formula is C16H24BrN3. The van der Waals surface area contributed by atoms with Crippen LogP contribution >= 0.6 is 15.9 Å². The molecule has 0 amide bonds.